The van der Waals surface area contributed by atoms with E-state index in [2.05, 4.69) is 26.0 Å². The van der Waals surface area contributed by atoms with E-state index in [1.165, 1.54) is 19.2 Å². The van der Waals surface area contributed by atoms with Crippen LogP contribution >= 0.6 is 15.9 Å². The number of hydrogen-bond acceptors (Lipinski definition) is 5. The lowest BCUT2D eigenvalue weighted by atomic mass is 10.1. The van der Waals surface area contributed by atoms with Gasteiger partial charge >= 0.3 is 6.61 Å². The number of methoxy groups -OCH3 is 1. The van der Waals surface area contributed by atoms with Crippen LogP contribution in [0.4, 0.5) is 8.78 Å². The summed E-state index contributed by atoms with van der Waals surface area (Å²) in [6.45, 7) is -2.77. The van der Waals surface area contributed by atoms with Crippen molar-refractivity contribution in [3.8, 4) is 11.5 Å². The number of carbonyl (C=O) groups excluding carboxylic acids is 3. The summed E-state index contributed by atoms with van der Waals surface area (Å²) in [4.78, 5) is 38.0. The van der Waals surface area contributed by atoms with Crippen LogP contribution in [0, 0.1) is 0 Å². The van der Waals surface area contributed by atoms with E-state index < -0.39 is 18.4 Å². The van der Waals surface area contributed by atoms with Crippen molar-refractivity contribution in [3.63, 3.8) is 0 Å². The summed E-state index contributed by atoms with van der Waals surface area (Å²) in [5, 5.41) is 2.69. The molecule has 0 unspecified atom stereocenters. The summed E-state index contributed by atoms with van der Waals surface area (Å²) in [6.07, 6.45) is 0.325. The van der Waals surface area contributed by atoms with Crippen LogP contribution in [-0.4, -0.2) is 49.4 Å². The number of ether oxygens (including phenoxy) is 2. The predicted octanol–water partition coefficient (Wildman–Crippen LogP) is 3.40. The Morgan fingerprint density at radius 1 is 1.10 bits per heavy atom. The number of halogens is 3. The van der Waals surface area contributed by atoms with E-state index in [0.29, 0.717) is 27.6 Å². The van der Waals surface area contributed by atoms with Crippen molar-refractivity contribution in [1.29, 1.82) is 0 Å². The van der Waals surface area contributed by atoms with Crippen molar-refractivity contribution in [2.75, 3.05) is 20.2 Å². The molecule has 0 atom stereocenters. The highest BCUT2D eigenvalue weighted by Gasteiger charge is 2.35. The molecule has 0 aromatic heterocycles. The lowest BCUT2D eigenvalue weighted by Gasteiger charge is -2.14. The molecule has 0 fully saturated rings. The first-order chi connectivity index (χ1) is 14.8. The maximum Gasteiger partial charge on any atom is 0.387 e. The Bertz CT molecular complexity index is 1020. The van der Waals surface area contributed by atoms with Crippen LogP contribution in [0.15, 0.2) is 40.9 Å². The van der Waals surface area contributed by atoms with Crippen molar-refractivity contribution >= 4 is 33.7 Å². The monoisotopic (exact) mass is 496 g/mol. The number of imide groups is 1. The number of fused-ring (bicyclic) bond motifs is 1. The van der Waals surface area contributed by atoms with Crippen molar-refractivity contribution < 1.29 is 32.6 Å². The molecule has 0 spiro atoms. The quantitative estimate of drug-likeness (QED) is 0.537. The van der Waals surface area contributed by atoms with Gasteiger partial charge in [-0.3, -0.25) is 19.3 Å². The van der Waals surface area contributed by atoms with Gasteiger partial charge in [-0.05, 0) is 42.3 Å². The second kappa shape index (κ2) is 9.86. The minimum absolute atomic E-state index is 0.0370. The van der Waals surface area contributed by atoms with Gasteiger partial charge in [-0.15, -0.1) is 0 Å². The van der Waals surface area contributed by atoms with Crippen LogP contribution in [0.3, 0.4) is 0 Å². The topological polar surface area (TPSA) is 84.9 Å². The first kappa shape index (κ1) is 22.7. The molecule has 31 heavy (non-hydrogen) atoms. The maximum absolute atomic E-state index is 12.5. The lowest BCUT2D eigenvalue weighted by molar-refractivity contribution is -0.121. The summed E-state index contributed by atoms with van der Waals surface area (Å²) in [5.41, 5.74) is 1.29. The SMILES string of the molecule is COc1ccc(CCNC(=O)CCN2C(=O)c3ccc(Br)cc3C2=O)cc1OC(F)F. The number of alkyl halides is 2. The summed E-state index contributed by atoms with van der Waals surface area (Å²) >= 11 is 3.27. The van der Waals surface area contributed by atoms with Crippen LogP contribution in [0.1, 0.15) is 32.7 Å². The average molecular weight is 497 g/mol. The average Bonchev–Trinajstić information content (AvgIpc) is 2.95. The van der Waals surface area contributed by atoms with Crippen LogP contribution in [-0.2, 0) is 11.2 Å². The number of benzene rings is 2. The van der Waals surface area contributed by atoms with Crippen molar-refractivity contribution in [1.82, 2.24) is 10.2 Å². The smallest absolute Gasteiger partial charge is 0.387 e. The Labute approximate surface area is 185 Å². The third kappa shape index (κ3) is 5.38. The van der Waals surface area contributed by atoms with Crippen molar-refractivity contribution in [2.24, 2.45) is 0 Å². The molecule has 0 radical (unpaired) electrons. The fourth-order valence-electron chi connectivity index (χ4n) is 3.18. The molecule has 3 rings (SSSR count). The summed E-state index contributed by atoms with van der Waals surface area (Å²) in [7, 11) is 1.35. The van der Waals surface area contributed by atoms with Gasteiger partial charge in [0.05, 0.1) is 18.2 Å². The molecule has 7 nitrogen and oxygen atoms in total. The van der Waals surface area contributed by atoms with Gasteiger partial charge < -0.3 is 14.8 Å². The standard InChI is InChI=1S/C21H19BrF2N2O5/c1-30-16-5-2-12(10-17(16)31-21(23)24)6-8-25-18(27)7-9-26-19(28)14-4-3-13(22)11-15(14)20(26)29/h2-5,10-11,21H,6-9H2,1H3,(H,25,27). The summed E-state index contributed by atoms with van der Waals surface area (Å²) < 4.78 is 35.1. The Morgan fingerprint density at radius 3 is 2.55 bits per heavy atom. The minimum atomic E-state index is -2.98. The number of nitrogens with zero attached hydrogens (tertiary/aromatic N) is 1. The van der Waals surface area contributed by atoms with Crippen LogP contribution in [0.2, 0.25) is 0 Å². The highest BCUT2D eigenvalue weighted by Crippen LogP contribution is 2.29. The first-order valence-corrected chi connectivity index (χ1v) is 10.1. The van der Waals surface area contributed by atoms with E-state index in [0.717, 1.165) is 4.90 Å². The molecule has 2 aromatic carbocycles. The van der Waals surface area contributed by atoms with Gasteiger partial charge in [0, 0.05) is 24.0 Å². The first-order valence-electron chi connectivity index (χ1n) is 9.34. The number of hydrogen-bond donors (Lipinski definition) is 1. The van der Waals surface area contributed by atoms with E-state index in [9.17, 15) is 23.2 Å². The predicted molar refractivity (Wildman–Crippen MR) is 110 cm³/mol. The fourth-order valence-corrected chi connectivity index (χ4v) is 3.54. The molecular weight excluding hydrogens is 478 g/mol. The molecule has 1 heterocycles. The van der Waals surface area contributed by atoms with E-state index >= 15 is 0 Å². The molecule has 2 aromatic rings. The molecule has 164 valence electrons. The minimum Gasteiger partial charge on any atom is -0.493 e. The second-order valence-corrected chi connectivity index (χ2v) is 7.58. The number of amides is 3. The third-order valence-corrected chi connectivity index (χ3v) is 5.17. The second-order valence-electron chi connectivity index (χ2n) is 6.67. The zero-order valence-corrected chi connectivity index (χ0v) is 18.1. The Hall–Kier alpha value is -3.01. The van der Waals surface area contributed by atoms with E-state index in [1.807, 2.05) is 0 Å². The van der Waals surface area contributed by atoms with Gasteiger partial charge in [0.25, 0.3) is 11.8 Å². The number of carbonyl (C=O) groups is 3. The zero-order valence-electron chi connectivity index (χ0n) is 16.5. The molecule has 0 saturated heterocycles. The maximum atomic E-state index is 12.5. The normalized spacial score (nSPS) is 12.9. The summed E-state index contributed by atoms with van der Waals surface area (Å²) in [5.74, 6) is -1.10. The van der Waals surface area contributed by atoms with Crippen LogP contribution < -0.4 is 14.8 Å². The molecule has 0 bridgehead atoms. The van der Waals surface area contributed by atoms with E-state index in [-0.39, 0.29) is 36.9 Å². The van der Waals surface area contributed by atoms with Crippen LogP contribution in [0.5, 0.6) is 11.5 Å². The van der Waals surface area contributed by atoms with E-state index in [4.69, 9.17) is 4.74 Å². The number of nitrogens with one attached hydrogen (secondary N) is 1. The molecular formula is C21H19BrF2N2O5. The Kier molecular flexibility index (Phi) is 7.21. The molecule has 1 aliphatic heterocycles. The highest BCUT2D eigenvalue weighted by molar-refractivity contribution is 9.10. The summed E-state index contributed by atoms with van der Waals surface area (Å²) in [6, 6.07) is 9.44. The van der Waals surface area contributed by atoms with Gasteiger partial charge in [0.15, 0.2) is 11.5 Å². The van der Waals surface area contributed by atoms with Gasteiger partial charge in [-0.2, -0.15) is 8.78 Å². The molecule has 10 heteroatoms. The molecule has 1 aliphatic rings. The molecule has 0 saturated carbocycles. The Balaban J connectivity index is 1.49. The van der Waals surface area contributed by atoms with Crippen LogP contribution in [0.25, 0.3) is 0 Å². The van der Waals surface area contributed by atoms with Gasteiger partial charge in [0.2, 0.25) is 5.91 Å². The van der Waals surface area contributed by atoms with Gasteiger partial charge in [-0.1, -0.05) is 22.0 Å². The lowest BCUT2D eigenvalue weighted by Crippen LogP contribution is -2.35. The molecule has 1 N–H and O–H groups in total. The highest BCUT2D eigenvalue weighted by atomic mass is 79.9. The molecule has 3 amide bonds. The largest absolute Gasteiger partial charge is 0.493 e. The van der Waals surface area contributed by atoms with Gasteiger partial charge in [0.1, 0.15) is 0 Å². The zero-order chi connectivity index (χ0) is 22.5. The number of rotatable bonds is 9. The molecule has 0 aliphatic carbocycles. The van der Waals surface area contributed by atoms with Gasteiger partial charge in [-0.25, -0.2) is 0 Å². The Morgan fingerprint density at radius 2 is 1.84 bits per heavy atom. The van der Waals surface area contributed by atoms with Crippen molar-refractivity contribution in [3.05, 3.63) is 57.6 Å². The van der Waals surface area contributed by atoms with Crippen molar-refractivity contribution in [2.45, 2.75) is 19.5 Å². The third-order valence-electron chi connectivity index (χ3n) is 4.68. The van der Waals surface area contributed by atoms with E-state index in [1.54, 1.807) is 24.3 Å². The fraction of sp³-hybridized carbons (Fsp3) is 0.286.